The van der Waals surface area contributed by atoms with Crippen molar-refractivity contribution in [3.8, 4) is 0 Å². The number of pyridine rings is 1. The monoisotopic (exact) mass is 274 g/mol. The lowest BCUT2D eigenvalue weighted by atomic mass is 10.4. The highest BCUT2D eigenvalue weighted by Crippen LogP contribution is 2.30. The molecule has 17 heavy (non-hydrogen) atoms. The van der Waals surface area contributed by atoms with Crippen LogP contribution in [0.15, 0.2) is 15.4 Å². The van der Waals surface area contributed by atoms with Crippen LogP contribution < -0.4 is 5.73 Å². The molecule has 2 rings (SSSR count). The fourth-order valence-electron chi connectivity index (χ4n) is 1.04. The minimum atomic E-state index is -0.863. The van der Waals surface area contributed by atoms with E-state index in [1.165, 1.54) is 0 Å². The van der Waals surface area contributed by atoms with Crippen LogP contribution in [-0.2, 0) is 6.42 Å². The van der Waals surface area contributed by atoms with E-state index in [4.69, 9.17) is 5.73 Å². The van der Waals surface area contributed by atoms with Crippen LogP contribution in [0.2, 0.25) is 0 Å². The molecular formula is C9H8F2N4S2. The Morgan fingerprint density at radius 2 is 2.12 bits per heavy atom. The van der Waals surface area contributed by atoms with E-state index in [1.807, 2.05) is 6.92 Å². The number of halogens is 2. The molecule has 2 aromatic heterocycles. The lowest BCUT2D eigenvalue weighted by Crippen LogP contribution is -1.98. The third kappa shape index (κ3) is 2.70. The summed E-state index contributed by atoms with van der Waals surface area (Å²) in [6.07, 6.45) is 0.707. The molecule has 8 heteroatoms. The minimum absolute atomic E-state index is 0.00250. The summed E-state index contributed by atoms with van der Waals surface area (Å²) in [5.41, 5.74) is 5.28. The normalized spacial score (nSPS) is 10.8. The van der Waals surface area contributed by atoms with Gasteiger partial charge in [-0.2, -0.15) is 4.37 Å². The van der Waals surface area contributed by atoms with Crippen molar-refractivity contribution in [3.63, 3.8) is 0 Å². The van der Waals surface area contributed by atoms with Gasteiger partial charge in [0.15, 0.2) is 21.8 Å². The Bertz CT molecular complexity index is 544. The van der Waals surface area contributed by atoms with Crippen molar-refractivity contribution < 1.29 is 8.78 Å². The van der Waals surface area contributed by atoms with Crippen LogP contribution in [0, 0.1) is 11.6 Å². The number of nitrogen functional groups attached to an aromatic ring is 1. The first kappa shape index (κ1) is 12.2. The smallest absolute Gasteiger partial charge is 0.176 e. The number of hydrogen-bond donors (Lipinski definition) is 1. The summed E-state index contributed by atoms with van der Waals surface area (Å²) in [6.45, 7) is 1.92. The maximum atomic E-state index is 13.4. The zero-order valence-corrected chi connectivity index (χ0v) is 10.4. The number of nitrogens with zero attached hydrogens (tertiary/aromatic N) is 3. The highest BCUT2D eigenvalue weighted by atomic mass is 32.2. The molecule has 0 saturated heterocycles. The average Bonchev–Trinajstić information content (AvgIpc) is 2.73. The second-order valence-corrected chi connectivity index (χ2v) is 5.06. The van der Waals surface area contributed by atoms with Gasteiger partial charge in [0.2, 0.25) is 0 Å². The molecule has 4 nitrogen and oxygen atoms in total. The predicted octanol–water partition coefficient (Wildman–Crippen LogP) is 2.51. The van der Waals surface area contributed by atoms with Crippen LogP contribution in [0.4, 0.5) is 14.6 Å². The summed E-state index contributed by atoms with van der Waals surface area (Å²) >= 11 is 2.13. The third-order valence-electron chi connectivity index (χ3n) is 1.87. The lowest BCUT2D eigenvalue weighted by molar-refractivity contribution is 0.552. The van der Waals surface area contributed by atoms with Crippen LogP contribution >= 0.6 is 23.3 Å². The SMILES string of the molecule is CCc1nsc(Sc2nc(N)c(F)cc2F)n1. The fourth-order valence-corrected chi connectivity index (χ4v) is 2.65. The Labute approximate surface area is 104 Å². The number of aromatic nitrogens is 3. The first-order valence-corrected chi connectivity index (χ1v) is 6.31. The van der Waals surface area contributed by atoms with Gasteiger partial charge in [0, 0.05) is 12.5 Å². The van der Waals surface area contributed by atoms with Crippen molar-refractivity contribution in [1.29, 1.82) is 0 Å². The standard InChI is InChI=1S/C9H8F2N4S2/c1-2-6-13-9(17-15-6)16-8-5(11)3-4(10)7(12)14-8/h3H,2H2,1H3,(H2,12,14). The van der Waals surface area contributed by atoms with E-state index in [2.05, 4.69) is 14.3 Å². The Morgan fingerprint density at radius 3 is 2.76 bits per heavy atom. The Balaban J connectivity index is 2.26. The van der Waals surface area contributed by atoms with E-state index in [0.717, 1.165) is 23.3 Å². The molecule has 0 fully saturated rings. The predicted molar refractivity (Wildman–Crippen MR) is 62.0 cm³/mol. The highest BCUT2D eigenvalue weighted by Gasteiger charge is 2.13. The molecule has 0 aromatic carbocycles. The second-order valence-electron chi connectivity index (χ2n) is 3.07. The molecular weight excluding hydrogens is 266 g/mol. The van der Waals surface area contributed by atoms with Gasteiger partial charge in [0.25, 0.3) is 0 Å². The van der Waals surface area contributed by atoms with Gasteiger partial charge in [-0.1, -0.05) is 6.92 Å². The van der Waals surface area contributed by atoms with Gasteiger partial charge >= 0.3 is 0 Å². The molecule has 0 saturated carbocycles. The van der Waals surface area contributed by atoms with E-state index in [1.54, 1.807) is 0 Å². The zero-order chi connectivity index (χ0) is 12.4. The van der Waals surface area contributed by atoms with Gasteiger partial charge in [-0.05, 0) is 23.3 Å². The molecule has 0 amide bonds. The second kappa shape index (κ2) is 4.92. The first-order chi connectivity index (χ1) is 8.10. The summed E-state index contributed by atoms with van der Waals surface area (Å²) in [4.78, 5) is 7.78. The summed E-state index contributed by atoms with van der Waals surface area (Å²) in [5, 5.41) is 0.00250. The summed E-state index contributed by atoms with van der Waals surface area (Å²) in [5.74, 6) is -1.25. The Kier molecular flexibility index (Phi) is 3.53. The minimum Gasteiger partial charge on any atom is -0.381 e. The van der Waals surface area contributed by atoms with Crippen LogP contribution in [0.3, 0.4) is 0 Å². The molecule has 2 heterocycles. The van der Waals surface area contributed by atoms with Crippen molar-refractivity contribution in [2.45, 2.75) is 22.7 Å². The van der Waals surface area contributed by atoms with Gasteiger partial charge in [0.1, 0.15) is 10.9 Å². The highest BCUT2D eigenvalue weighted by molar-refractivity contribution is 8.00. The third-order valence-corrected chi connectivity index (χ3v) is 3.64. The molecule has 0 spiro atoms. The number of hydrogen-bond acceptors (Lipinski definition) is 6. The van der Waals surface area contributed by atoms with E-state index >= 15 is 0 Å². The Hall–Kier alpha value is -1.28. The molecule has 0 unspecified atom stereocenters. The first-order valence-electron chi connectivity index (χ1n) is 4.72. The van der Waals surface area contributed by atoms with Crippen LogP contribution in [0.1, 0.15) is 12.7 Å². The van der Waals surface area contributed by atoms with E-state index < -0.39 is 11.6 Å². The summed E-state index contributed by atoms with van der Waals surface area (Å²) in [6, 6.07) is 0.715. The molecule has 2 N–H and O–H groups in total. The molecule has 90 valence electrons. The maximum Gasteiger partial charge on any atom is 0.176 e. The van der Waals surface area contributed by atoms with Crippen LogP contribution in [0.5, 0.6) is 0 Å². The topological polar surface area (TPSA) is 64.7 Å². The van der Waals surface area contributed by atoms with Crippen molar-refractivity contribution >= 4 is 29.1 Å². The van der Waals surface area contributed by atoms with Crippen LogP contribution in [0.25, 0.3) is 0 Å². The van der Waals surface area contributed by atoms with Gasteiger partial charge < -0.3 is 5.73 Å². The molecule has 0 bridgehead atoms. The van der Waals surface area contributed by atoms with Gasteiger partial charge in [-0.3, -0.25) is 0 Å². The summed E-state index contributed by atoms with van der Waals surface area (Å²) < 4.78 is 30.9. The molecule has 0 atom stereocenters. The van der Waals surface area contributed by atoms with Crippen molar-refractivity contribution in [3.05, 3.63) is 23.5 Å². The van der Waals surface area contributed by atoms with E-state index in [0.29, 0.717) is 22.7 Å². The number of rotatable bonds is 3. The molecule has 0 radical (unpaired) electrons. The largest absolute Gasteiger partial charge is 0.381 e. The van der Waals surface area contributed by atoms with Crippen molar-refractivity contribution in [2.24, 2.45) is 0 Å². The fraction of sp³-hybridized carbons (Fsp3) is 0.222. The quantitative estimate of drug-likeness (QED) is 0.931. The van der Waals surface area contributed by atoms with Crippen LogP contribution in [-0.4, -0.2) is 14.3 Å². The molecule has 0 aliphatic heterocycles. The van der Waals surface area contributed by atoms with Gasteiger partial charge in [-0.25, -0.2) is 18.7 Å². The number of nitrogens with two attached hydrogens (primary N) is 1. The van der Waals surface area contributed by atoms with Gasteiger partial charge in [-0.15, -0.1) is 0 Å². The maximum absolute atomic E-state index is 13.4. The van der Waals surface area contributed by atoms with Gasteiger partial charge in [0.05, 0.1) is 0 Å². The van der Waals surface area contributed by atoms with E-state index in [9.17, 15) is 8.78 Å². The lowest BCUT2D eigenvalue weighted by Gasteiger charge is -2.01. The van der Waals surface area contributed by atoms with Crippen molar-refractivity contribution in [2.75, 3.05) is 5.73 Å². The molecule has 0 aliphatic carbocycles. The Morgan fingerprint density at radius 1 is 1.35 bits per heavy atom. The zero-order valence-electron chi connectivity index (χ0n) is 8.78. The van der Waals surface area contributed by atoms with E-state index in [-0.39, 0.29) is 10.8 Å². The number of aryl methyl sites for hydroxylation is 1. The van der Waals surface area contributed by atoms with Crippen molar-refractivity contribution in [1.82, 2.24) is 14.3 Å². The molecule has 2 aromatic rings. The number of anilines is 1. The molecule has 0 aliphatic rings. The average molecular weight is 274 g/mol. The summed E-state index contributed by atoms with van der Waals surface area (Å²) in [7, 11) is 0.